The molecule has 6 nitrogen and oxygen atoms in total. The number of anilines is 1. The van der Waals surface area contributed by atoms with Crippen LogP contribution >= 0.6 is 0 Å². The summed E-state index contributed by atoms with van der Waals surface area (Å²) in [5, 5.41) is 3.05. The lowest BCUT2D eigenvalue weighted by molar-refractivity contribution is -0.144. The number of hydrogen-bond acceptors (Lipinski definition) is 6. The number of aromatic nitrogens is 1. The standard InChI is InChI=1S/C16H24N2O4/c1-6-12(14(19)21-7-2)18-11-8-9-17-13(10-11)15(20)22-16(3,4)5/h8-10,12H,6-7H2,1-5H3,(H,17,18). The molecule has 1 unspecified atom stereocenters. The minimum atomic E-state index is -0.584. The molecule has 1 aromatic heterocycles. The fourth-order valence-corrected chi connectivity index (χ4v) is 1.73. The van der Waals surface area contributed by atoms with Gasteiger partial charge in [-0.25, -0.2) is 14.6 Å². The highest BCUT2D eigenvalue weighted by atomic mass is 16.6. The maximum Gasteiger partial charge on any atom is 0.357 e. The molecule has 0 aliphatic rings. The van der Waals surface area contributed by atoms with Crippen LogP contribution in [0.4, 0.5) is 5.69 Å². The summed E-state index contributed by atoms with van der Waals surface area (Å²) in [6.07, 6.45) is 2.07. The maximum atomic E-state index is 12.0. The van der Waals surface area contributed by atoms with Gasteiger partial charge in [-0.15, -0.1) is 0 Å². The lowest BCUT2D eigenvalue weighted by Crippen LogP contribution is -2.31. The molecule has 1 atom stereocenters. The number of nitrogens with zero attached hydrogens (tertiary/aromatic N) is 1. The fourth-order valence-electron chi connectivity index (χ4n) is 1.73. The molecule has 1 rings (SSSR count). The lowest BCUT2D eigenvalue weighted by Gasteiger charge is -2.20. The van der Waals surface area contributed by atoms with Crippen molar-refractivity contribution in [1.82, 2.24) is 4.98 Å². The molecule has 0 aromatic carbocycles. The molecule has 1 aromatic rings. The predicted molar refractivity (Wildman–Crippen MR) is 83.7 cm³/mol. The number of carbonyl (C=O) groups is 2. The Labute approximate surface area is 131 Å². The summed E-state index contributed by atoms with van der Waals surface area (Å²) in [4.78, 5) is 27.8. The van der Waals surface area contributed by atoms with Crippen LogP contribution < -0.4 is 5.32 Å². The highest BCUT2D eigenvalue weighted by Crippen LogP contribution is 2.15. The van der Waals surface area contributed by atoms with Crippen molar-refractivity contribution in [1.29, 1.82) is 0 Å². The third kappa shape index (κ3) is 5.71. The SMILES string of the molecule is CCOC(=O)C(CC)Nc1ccnc(C(=O)OC(C)(C)C)c1. The van der Waals surface area contributed by atoms with Crippen LogP contribution in [-0.4, -0.2) is 35.2 Å². The highest BCUT2D eigenvalue weighted by Gasteiger charge is 2.21. The van der Waals surface area contributed by atoms with E-state index in [1.165, 1.54) is 6.20 Å². The first-order chi connectivity index (χ1) is 10.3. The third-order valence-electron chi connectivity index (χ3n) is 2.69. The van der Waals surface area contributed by atoms with Crippen LogP contribution in [0.3, 0.4) is 0 Å². The summed E-state index contributed by atoms with van der Waals surface area (Å²) in [5.41, 5.74) is 0.230. The smallest absolute Gasteiger partial charge is 0.357 e. The van der Waals surface area contributed by atoms with Crippen LogP contribution in [0.5, 0.6) is 0 Å². The summed E-state index contributed by atoms with van der Waals surface area (Å²) in [7, 11) is 0. The van der Waals surface area contributed by atoms with Crippen LogP contribution in [0.1, 0.15) is 51.5 Å². The van der Waals surface area contributed by atoms with Gasteiger partial charge in [0.15, 0.2) is 0 Å². The first-order valence-electron chi connectivity index (χ1n) is 7.39. The number of hydrogen-bond donors (Lipinski definition) is 1. The van der Waals surface area contributed by atoms with E-state index in [9.17, 15) is 9.59 Å². The van der Waals surface area contributed by atoms with Crippen LogP contribution in [-0.2, 0) is 14.3 Å². The summed E-state index contributed by atoms with van der Waals surface area (Å²) in [5.74, 6) is -0.819. The number of pyridine rings is 1. The van der Waals surface area contributed by atoms with E-state index < -0.39 is 17.6 Å². The Balaban J connectivity index is 2.83. The molecular weight excluding hydrogens is 284 g/mol. The first kappa shape index (κ1) is 17.9. The van der Waals surface area contributed by atoms with Crippen molar-refractivity contribution in [2.45, 2.75) is 52.7 Å². The molecule has 0 fully saturated rings. The van der Waals surface area contributed by atoms with Gasteiger partial charge in [-0.3, -0.25) is 0 Å². The molecule has 0 saturated heterocycles. The highest BCUT2D eigenvalue weighted by molar-refractivity contribution is 5.89. The maximum absolute atomic E-state index is 12.0. The zero-order valence-corrected chi connectivity index (χ0v) is 13.8. The molecule has 0 radical (unpaired) electrons. The Bertz CT molecular complexity index is 523. The first-order valence-corrected chi connectivity index (χ1v) is 7.39. The van der Waals surface area contributed by atoms with Gasteiger partial charge in [-0.05, 0) is 46.2 Å². The lowest BCUT2D eigenvalue weighted by atomic mass is 10.2. The molecule has 0 aliphatic heterocycles. The van der Waals surface area contributed by atoms with Crippen LogP contribution in [0, 0.1) is 0 Å². The van der Waals surface area contributed by atoms with Gasteiger partial charge in [0.2, 0.25) is 0 Å². The van der Waals surface area contributed by atoms with Crippen LogP contribution in [0.2, 0.25) is 0 Å². The number of nitrogens with one attached hydrogen (secondary N) is 1. The van der Waals surface area contributed by atoms with Crippen LogP contribution in [0.15, 0.2) is 18.3 Å². The average molecular weight is 308 g/mol. The Morgan fingerprint density at radius 2 is 2.00 bits per heavy atom. The van der Waals surface area contributed by atoms with E-state index in [4.69, 9.17) is 9.47 Å². The Hall–Kier alpha value is -2.11. The van der Waals surface area contributed by atoms with Crippen molar-refractivity contribution in [3.05, 3.63) is 24.0 Å². The minimum absolute atomic E-state index is 0.193. The van der Waals surface area contributed by atoms with E-state index in [2.05, 4.69) is 10.3 Å². The van der Waals surface area contributed by atoms with Gasteiger partial charge in [-0.2, -0.15) is 0 Å². The molecule has 6 heteroatoms. The number of ether oxygens (including phenoxy) is 2. The number of carbonyl (C=O) groups excluding carboxylic acids is 2. The van der Waals surface area contributed by atoms with Gasteiger partial charge in [0.25, 0.3) is 0 Å². The molecule has 0 bridgehead atoms. The van der Waals surface area contributed by atoms with Crippen LogP contribution in [0.25, 0.3) is 0 Å². The van der Waals surface area contributed by atoms with E-state index >= 15 is 0 Å². The molecule has 0 saturated carbocycles. The van der Waals surface area contributed by atoms with E-state index in [1.807, 2.05) is 6.92 Å². The second-order valence-corrected chi connectivity index (χ2v) is 5.79. The van der Waals surface area contributed by atoms with Gasteiger partial charge < -0.3 is 14.8 Å². The molecule has 1 heterocycles. The van der Waals surface area contributed by atoms with Gasteiger partial charge in [0.1, 0.15) is 17.3 Å². The summed E-state index contributed by atoms with van der Waals surface area (Å²) in [6, 6.07) is 2.79. The third-order valence-corrected chi connectivity index (χ3v) is 2.69. The molecule has 0 spiro atoms. The average Bonchev–Trinajstić information content (AvgIpc) is 2.43. The van der Waals surface area contributed by atoms with E-state index in [0.717, 1.165) is 0 Å². The van der Waals surface area contributed by atoms with E-state index in [0.29, 0.717) is 18.7 Å². The van der Waals surface area contributed by atoms with Gasteiger partial charge in [-0.1, -0.05) is 6.92 Å². The van der Waals surface area contributed by atoms with Gasteiger partial charge in [0.05, 0.1) is 6.61 Å². The summed E-state index contributed by atoms with van der Waals surface area (Å²) < 4.78 is 10.3. The van der Waals surface area contributed by atoms with Gasteiger partial charge >= 0.3 is 11.9 Å². The largest absolute Gasteiger partial charge is 0.464 e. The van der Waals surface area contributed by atoms with Gasteiger partial charge in [0, 0.05) is 11.9 Å². The molecule has 122 valence electrons. The van der Waals surface area contributed by atoms with Crippen molar-refractivity contribution in [3.63, 3.8) is 0 Å². The molecule has 0 amide bonds. The molecular formula is C16H24N2O4. The Kier molecular flexibility index (Phi) is 6.34. The zero-order chi connectivity index (χ0) is 16.8. The molecule has 0 aliphatic carbocycles. The van der Waals surface area contributed by atoms with Crippen molar-refractivity contribution in [3.8, 4) is 0 Å². The Morgan fingerprint density at radius 1 is 1.32 bits per heavy atom. The molecule has 1 N–H and O–H groups in total. The Morgan fingerprint density at radius 3 is 2.55 bits per heavy atom. The zero-order valence-electron chi connectivity index (χ0n) is 13.8. The second kappa shape index (κ2) is 7.77. The molecule has 22 heavy (non-hydrogen) atoms. The minimum Gasteiger partial charge on any atom is -0.464 e. The normalized spacial score (nSPS) is 12.4. The van der Waals surface area contributed by atoms with Crippen molar-refractivity contribution in [2.75, 3.05) is 11.9 Å². The van der Waals surface area contributed by atoms with Crippen molar-refractivity contribution < 1.29 is 19.1 Å². The van der Waals surface area contributed by atoms with E-state index in [1.54, 1.807) is 39.8 Å². The second-order valence-electron chi connectivity index (χ2n) is 5.79. The predicted octanol–water partition coefficient (Wildman–Crippen LogP) is 2.79. The van der Waals surface area contributed by atoms with Crippen molar-refractivity contribution in [2.24, 2.45) is 0 Å². The van der Waals surface area contributed by atoms with E-state index in [-0.39, 0.29) is 11.7 Å². The number of rotatable bonds is 6. The summed E-state index contributed by atoms with van der Waals surface area (Å²) in [6.45, 7) is 9.35. The fraction of sp³-hybridized carbons (Fsp3) is 0.562. The quantitative estimate of drug-likeness (QED) is 0.814. The van der Waals surface area contributed by atoms with Crippen molar-refractivity contribution >= 4 is 17.6 Å². The summed E-state index contributed by atoms with van der Waals surface area (Å²) >= 11 is 0. The topological polar surface area (TPSA) is 77.5 Å². The number of esters is 2. The monoisotopic (exact) mass is 308 g/mol.